The zero-order valence-electron chi connectivity index (χ0n) is 17.7. The van der Waals surface area contributed by atoms with Crippen LogP contribution in [0.15, 0.2) is 54.6 Å². The number of hydrogen-bond acceptors (Lipinski definition) is 8. The number of benzene rings is 2. The van der Waals surface area contributed by atoms with Gasteiger partial charge < -0.3 is 19.3 Å². The van der Waals surface area contributed by atoms with E-state index in [4.69, 9.17) is 9.47 Å². The van der Waals surface area contributed by atoms with Gasteiger partial charge in [-0.15, -0.1) is 10.2 Å². The molecule has 0 unspecified atom stereocenters. The molecule has 2 aliphatic heterocycles. The molecule has 168 valence electrons. The van der Waals surface area contributed by atoms with Crippen LogP contribution in [0.5, 0.6) is 11.5 Å². The summed E-state index contributed by atoms with van der Waals surface area (Å²) < 4.78 is 10.8. The predicted octanol–water partition coefficient (Wildman–Crippen LogP) is 2.67. The summed E-state index contributed by atoms with van der Waals surface area (Å²) in [6.07, 6.45) is 0.224. The lowest BCUT2D eigenvalue weighted by atomic mass is 10.1. The molecule has 2 aliphatic rings. The standard InChI is InChI=1S/C23H21N5O5/c29-23(13-16-1-4-18(5-2-16)28(30)31)27-11-9-26(10-12-27)22-8-6-19(24-25-22)17-3-7-20-21(14-17)33-15-32-20/h1-8,14H,9-13,15H2. The Balaban J connectivity index is 1.17. The van der Waals surface area contributed by atoms with Gasteiger partial charge >= 0.3 is 0 Å². The Kier molecular flexibility index (Phi) is 5.47. The van der Waals surface area contributed by atoms with Crippen LogP contribution in [0.2, 0.25) is 0 Å². The van der Waals surface area contributed by atoms with Crippen molar-refractivity contribution in [2.24, 2.45) is 0 Å². The first-order chi connectivity index (χ1) is 16.1. The molecule has 1 fully saturated rings. The van der Waals surface area contributed by atoms with Crippen molar-refractivity contribution in [2.75, 3.05) is 37.9 Å². The van der Waals surface area contributed by atoms with Crippen molar-refractivity contribution in [3.8, 4) is 22.8 Å². The number of hydrogen-bond donors (Lipinski definition) is 0. The number of nitrogens with zero attached hydrogens (tertiary/aromatic N) is 5. The number of non-ortho nitro benzene ring substituents is 1. The molecule has 2 aromatic carbocycles. The second-order valence-electron chi connectivity index (χ2n) is 7.81. The Morgan fingerprint density at radius 1 is 0.939 bits per heavy atom. The molecule has 0 N–H and O–H groups in total. The first-order valence-corrected chi connectivity index (χ1v) is 10.6. The second-order valence-corrected chi connectivity index (χ2v) is 7.81. The van der Waals surface area contributed by atoms with Crippen LogP contribution < -0.4 is 14.4 Å². The first kappa shape index (κ1) is 20.7. The van der Waals surface area contributed by atoms with Gasteiger partial charge in [0.15, 0.2) is 17.3 Å². The fourth-order valence-electron chi connectivity index (χ4n) is 3.91. The number of piperazine rings is 1. The molecule has 1 aromatic heterocycles. The predicted molar refractivity (Wildman–Crippen MR) is 119 cm³/mol. The number of carbonyl (C=O) groups excluding carboxylic acids is 1. The smallest absolute Gasteiger partial charge is 0.269 e. The van der Waals surface area contributed by atoms with Crippen LogP contribution >= 0.6 is 0 Å². The van der Waals surface area contributed by atoms with Gasteiger partial charge in [-0.1, -0.05) is 12.1 Å². The highest BCUT2D eigenvalue weighted by Crippen LogP contribution is 2.35. The highest BCUT2D eigenvalue weighted by molar-refractivity contribution is 5.79. The molecule has 10 heteroatoms. The zero-order chi connectivity index (χ0) is 22.8. The fraction of sp³-hybridized carbons (Fsp3) is 0.261. The van der Waals surface area contributed by atoms with Gasteiger partial charge in [0.2, 0.25) is 12.7 Å². The van der Waals surface area contributed by atoms with E-state index in [9.17, 15) is 14.9 Å². The van der Waals surface area contributed by atoms with E-state index in [0.29, 0.717) is 31.9 Å². The molecule has 0 atom stereocenters. The summed E-state index contributed by atoms with van der Waals surface area (Å²) in [6, 6.07) is 15.6. The molecule has 3 aromatic rings. The van der Waals surface area contributed by atoms with Crippen LogP contribution in [-0.2, 0) is 11.2 Å². The van der Waals surface area contributed by atoms with Gasteiger partial charge in [-0.3, -0.25) is 14.9 Å². The van der Waals surface area contributed by atoms with Crippen molar-refractivity contribution in [3.63, 3.8) is 0 Å². The molecule has 0 aliphatic carbocycles. The number of ether oxygens (including phenoxy) is 2. The third-order valence-corrected chi connectivity index (χ3v) is 5.78. The number of anilines is 1. The van der Waals surface area contributed by atoms with Gasteiger partial charge in [-0.2, -0.15) is 0 Å². The molecule has 1 amide bonds. The van der Waals surface area contributed by atoms with E-state index in [1.165, 1.54) is 12.1 Å². The number of aromatic nitrogens is 2. The van der Waals surface area contributed by atoms with Crippen molar-refractivity contribution < 1.29 is 19.2 Å². The highest BCUT2D eigenvalue weighted by Gasteiger charge is 2.23. The van der Waals surface area contributed by atoms with Crippen LogP contribution in [0.3, 0.4) is 0 Å². The number of nitro groups is 1. The second kappa shape index (κ2) is 8.73. The third kappa shape index (κ3) is 4.40. The molecular weight excluding hydrogens is 426 g/mol. The minimum Gasteiger partial charge on any atom is -0.454 e. The van der Waals surface area contributed by atoms with Gasteiger partial charge in [0.1, 0.15) is 0 Å². The maximum Gasteiger partial charge on any atom is 0.269 e. The number of carbonyl (C=O) groups is 1. The van der Waals surface area contributed by atoms with Crippen molar-refractivity contribution >= 4 is 17.4 Å². The SMILES string of the molecule is O=C(Cc1ccc([N+](=O)[O-])cc1)N1CCN(c2ccc(-c3ccc4c(c3)OCO4)nn2)CC1. The van der Waals surface area contributed by atoms with Gasteiger partial charge in [0, 0.05) is 43.9 Å². The van der Waals surface area contributed by atoms with E-state index in [2.05, 4.69) is 15.1 Å². The Morgan fingerprint density at radius 2 is 1.70 bits per heavy atom. The Labute approximate surface area is 189 Å². The first-order valence-electron chi connectivity index (χ1n) is 10.6. The van der Waals surface area contributed by atoms with Crippen molar-refractivity contribution in [2.45, 2.75) is 6.42 Å². The molecule has 5 rings (SSSR count). The molecule has 10 nitrogen and oxygen atoms in total. The number of nitro benzene ring substituents is 1. The van der Waals surface area contributed by atoms with Crippen LogP contribution in [0.4, 0.5) is 11.5 Å². The monoisotopic (exact) mass is 447 g/mol. The van der Waals surface area contributed by atoms with Crippen molar-refractivity contribution in [1.82, 2.24) is 15.1 Å². The summed E-state index contributed by atoms with van der Waals surface area (Å²) in [5.74, 6) is 2.20. The normalized spacial score (nSPS) is 14.9. The maximum absolute atomic E-state index is 12.6. The minimum absolute atomic E-state index is 0.00717. The maximum atomic E-state index is 12.6. The molecule has 0 bridgehead atoms. The molecular formula is C23H21N5O5. The lowest BCUT2D eigenvalue weighted by Crippen LogP contribution is -2.49. The molecule has 1 saturated heterocycles. The number of amides is 1. The minimum atomic E-state index is -0.449. The van der Waals surface area contributed by atoms with Crippen molar-refractivity contribution in [1.29, 1.82) is 0 Å². The van der Waals surface area contributed by atoms with Crippen LogP contribution in [-0.4, -0.2) is 58.9 Å². The molecule has 3 heterocycles. The van der Waals surface area contributed by atoms with E-state index in [0.717, 1.165) is 28.4 Å². The quantitative estimate of drug-likeness (QED) is 0.434. The van der Waals surface area contributed by atoms with Crippen molar-refractivity contribution in [3.05, 3.63) is 70.3 Å². The van der Waals surface area contributed by atoms with Gasteiger partial charge in [0.25, 0.3) is 5.69 Å². The average Bonchev–Trinajstić information content (AvgIpc) is 3.33. The van der Waals surface area contributed by atoms with E-state index in [1.54, 1.807) is 12.1 Å². The van der Waals surface area contributed by atoms with Crippen LogP contribution in [0.1, 0.15) is 5.56 Å². The van der Waals surface area contributed by atoms with Gasteiger partial charge in [-0.25, -0.2) is 0 Å². The largest absolute Gasteiger partial charge is 0.454 e. The molecule has 0 spiro atoms. The topological polar surface area (TPSA) is 111 Å². The summed E-state index contributed by atoms with van der Waals surface area (Å²) in [5.41, 5.74) is 2.43. The molecule has 0 radical (unpaired) electrons. The van der Waals surface area contributed by atoms with Crippen LogP contribution in [0.25, 0.3) is 11.3 Å². The Morgan fingerprint density at radius 3 is 2.39 bits per heavy atom. The van der Waals surface area contributed by atoms with Crippen LogP contribution in [0, 0.1) is 10.1 Å². The molecule has 33 heavy (non-hydrogen) atoms. The Bertz CT molecular complexity index is 1170. The lowest BCUT2D eigenvalue weighted by Gasteiger charge is -2.35. The lowest BCUT2D eigenvalue weighted by molar-refractivity contribution is -0.384. The summed E-state index contributed by atoms with van der Waals surface area (Å²) in [4.78, 5) is 26.9. The van der Waals surface area contributed by atoms with E-state index in [-0.39, 0.29) is 24.8 Å². The number of fused-ring (bicyclic) bond motifs is 1. The fourth-order valence-corrected chi connectivity index (χ4v) is 3.91. The third-order valence-electron chi connectivity index (χ3n) is 5.78. The summed E-state index contributed by atoms with van der Waals surface area (Å²) in [6.45, 7) is 2.70. The van der Waals surface area contributed by atoms with Gasteiger partial charge in [-0.05, 0) is 35.9 Å². The van der Waals surface area contributed by atoms with E-state index >= 15 is 0 Å². The van der Waals surface area contributed by atoms with E-state index < -0.39 is 4.92 Å². The summed E-state index contributed by atoms with van der Waals surface area (Å²) >= 11 is 0. The van der Waals surface area contributed by atoms with Gasteiger partial charge in [0.05, 0.1) is 17.0 Å². The zero-order valence-corrected chi connectivity index (χ0v) is 17.7. The van der Waals surface area contributed by atoms with E-state index in [1.807, 2.05) is 35.2 Å². The summed E-state index contributed by atoms with van der Waals surface area (Å²) in [5, 5.41) is 19.5. The summed E-state index contributed by atoms with van der Waals surface area (Å²) in [7, 11) is 0. The average molecular weight is 447 g/mol. The highest BCUT2D eigenvalue weighted by atomic mass is 16.7. The molecule has 0 saturated carbocycles. The number of rotatable bonds is 5. The Hall–Kier alpha value is -4.21.